The highest BCUT2D eigenvalue weighted by Crippen LogP contribution is 2.32. The zero-order valence-corrected chi connectivity index (χ0v) is 14.5. The fraction of sp³-hybridized carbons (Fsp3) is 0.350. The average Bonchev–Trinajstić information content (AvgIpc) is 3.40. The number of fused-ring (bicyclic) bond motifs is 1. The lowest BCUT2D eigenvalue weighted by Crippen LogP contribution is -2.40. The summed E-state index contributed by atoms with van der Waals surface area (Å²) in [5.74, 6) is -0.0643. The standard InChI is InChI=1S/C20H21N3O2/c1-13-3-5-14(6-4-13)15-9-18-17(21-11-15)10-19(24)23(18)12-20(25)22(2)16-7-8-16/h3-6,9,11,16H,7-8,10,12H2,1-2H3. The van der Waals surface area contributed by atoms with Gasteiger partial charge in [-0.05, 0) is 31.4 Å². The van der Waals surface area contributed by atoms with E-state index in [2.05, 4.69) is 17.1 Å². The molecule has 5 heteroatoms. The number of likely N-dealkylation sites (N-methyl/N-ethyl adjacent to an activating group) is 1. The zero-order chi connectivity index (χ0) is 17.6. The number of carbonyl (C=O) groups is 2. The summed E-state index contributed by atoms with van der Waals surface area (Å²) in [6.45, 7) is 2.14. The molecule has 0 unspecified atom stereocenters. The number of pyridine rings is 1. The molecule has 0 N–H and O–H groups in total. The van der Waals surface area contributed by atoms with Gasteiger partial charge in [0.25, 0.3) is 0 Å². The highest BCUT2D eigenvalue weighted by atomic mass is 16.2. The number of hydrogen-bond acceptors (Lipinski definition) is 3. The van der Waals surface area contributed by atoms with Crippen LogP contribution in [0.3, 0.4) is 0 Å². The topological polar surface area (TPSA) is 53.5 Å². The number of amides is 2. The molecule has 0 bridgehead atoms. The lowest BCUT2D eigenvalue weighted by Gasteiger charge is -2.22. The summed E-state index contributed by atoms with van der Waals surface area (Å²) in [6, 6.07) is 10.5. The fourth-order valence-corrected chi connectivity index (χ4v) is 3.21. The van der Waals surface area contributed by atoms with Crippen molar-refractivity contribution in [2.24, 2.45) is 0 Å². The Morgan fingerprint density at radius 2 is 1.96 bits per heavy atom. The van der Waals surface area contributed by atoms with E-state index in [1.165, 1.54) is 5.56 Å². The van der Waals surface area contributed by atoms with Crippen LogP contribution in [0.15, 0.2) is 36.5 Å². The van der Waals surface area contributed by atoms with E-state index in [1.54, 1.807) is 16.0 Å². The molecular weight excluding hydrogens is 314 g/mol. The molecule has 0 atom stereocenters. The van der Waals surface area contributed by atoms with Gasteiger partial charge < -0.3 is 9.80 Å². The van der Waals surface area contributed by atoms with Gasteiger partial charge in [-0.1, -0.05) is 29.8 Å². The van der Waals surface area contributed by atoms with Crippen molar-refractivity contribution in [1.82, 2.24) is 9.88 Å². The molecule has 2 aromatic rings. The van der Waals surface area contributed by atoms with E-state index in [0.29, 0.717) is 6.04 Å². The van der Waals surface area contributed by atoms with Crippen molar-refractivity contribution in [3.63, 3.8) is 0 Å². The van der Waals surface area contributed by atoms with Crippen LogP contribution < -0.4 is 4.90 Å². The first kappa shape index (κ1) is 15.8. The van der Waals surface area contributed by atoms with Crippen molar-refractivity contribution in [2.45, 2.75) is 32.2 Å². The van der Waals surface area contributed by atoms with Crippen LogP contribution in [0.5, 0.6) is 0 Å². The summed E-state index contributed by atoms with van der Waals surface area (Å²) in [5, 5.41) is 0. The summed E-state index contributed by atoms with van der Waals surface area (Å²) < 4.78 is 0. The molecule has 0 radical (unpaired) electrons. The number of anilines is 1. The first-order valence-electron chi connectivity index (χ1n) is 8.65. The van der Waals surface area contributed by atoms with Gasteiger partial charge >= 0.3 is 0 Å². The van der Waals surface area contributed by atoms with Gasteiger partial charge in [0.15, 0.2) is 0 Å². The summed E-state index contributed by atoms with van der Waals surface area (Å²) in [5.41, 5.74) is 4.73. The Hall–Kier alpha value is -2.69. The number of aromatic nitrogens is 1. The Bertz CT molecular complexity index is 841. The lowest BCUT2D eigenvalue weighted by molar-refractivity contribution is -0.130. The molecule has 2 amide bonds. The number of hydrogen-bond donors (Lipinski definition) is 0. The molecule has 1 fully saturated rings. The lowest BCUT2D eigenvalue weighted by atomic mass is 10.1. The predicted octanol–water partition coefficient (Wildman–Crippen LogP) is 2.57. The molecule has 1 aromatic carbocycles. The first-order valence-corrected chi connectivity index (χ1v) is 8.65. The van der Waals surface area contributed by atoms with Gasteiger partial charge in [-0.2, -0.15) is 0 Å². The van der Waals surface area contributed by atoms with Gasteiger partial charge in [0.1, 0.15) is 6.54 Å². The Morgan fingerprint density at radius 3 is 2.64 bits per heavy atom. The predicted molar refractivity (Wildman–Crippen MR) is 96.3 cm³/mol. The maximum atomic E-state index is 12.4. The molecule has 1 saturated carbocycles. The van der Waals surface area contributed by atoms with Crippen LogP contribution in [0.25, 0.3) is 11.1 Å². The van der Waals surface area contributed by atoms with Crippen molar-refractivity contribution >= 4 is 17.5 Å². The van der Waals surface area contributed by atoms with Crippen molar-refractivity contribution in [3.05, 3.63) is 47.8 Å². The second-order valence-electron chi connectivity index (χ2n) is 6.95. The van der Waals surface area contributed by atoms with Crippen LogP contribution in [-0.4, -0.2) is 41.3 Å². The SMILES string of the molecule is Cc1ccc(-c2cnc3c(c2)N(CC(=O)N(C)C2CC2)C(=O)C3)cc1. The van der Waals surface area contributed by atoms with Crippen LogP contribution in [-0.2, 0) is 16.0 Å². The number of aryl methyl sites for hydroxylation is 1. The summed E-state index contributed by atoms with van der Waals surface area (Å²) in [4.78, 5) is 32.6. The monoisotopic (exact) mass is 335 g/mol. The van der Waals surface area contributed by atoms with Gasteiger partial charge in [-0.3, -0.25) is 14.6 Å². The van der Waals surface area contributed by atoms with Gasteiger partial charge in [-0.15, -0.1) is 0 Å². The maximum absolute atomic E-state index is 12.4. The van der Waals surface area contributed by atoms with E-state index in [9.17, 15) is 9.59 Å². The largest absolute Gasteiger partial charge is 0.341 e. The van der Waals surface area contributed by atoms with Gasteiger partial charge in [0.05, 0.1) is 17.8 Å². The van der Waals surface area contributed by atoms with Gasteiger partial charge in [0.2, 0.25) is 11.8 Å². The highest BCUT2D eigenvalue weighted by Gasteiger charge is 2.34. The van der Waals surface area contributed by atoms with Crippen molar-refractivity contribution in [3.8, 4) is 11.1 Å². The van der Waals surface area contributed by atoms with E-state index in [-0.39, 0.29) is 24.8 Å². The zero-order valence-electron chi connectivity index (χ0n) is 14.5. The quantitative estimate of drug-likeness (QED) is 0.863. The molecular formula is C20H21N3O2. The van der Waals surface area contributed by atoms with E-state index in [0.717, 1.165) is 35.3 Å². The van der Waals surface area contributed by atoms with Gasteiger partial charge in [-0.25, -0.2) is 0 Å². The molecule has 128 valence electrons. The summed E-state index contributed by atoms with van der Waals surface area (Å²) in [6.07, 6.45) is 4.19. The Morgan fingerprint density at radius 1 is 1.24 bits per heavy atom. The van der Waals surface area contributed by atoms with Crippen LogP contribution in [0, 0.1) is 6.92 Å². The van der Waals surface area contributed by atoms with Gasteiger partial charge in [0, 0.05) is 24.8 Å². The van der Waals surface area contributed by atoms with E-state index in [1.807, 2.05) is 32.2 Å². The Kier molecular flexibility index (Phi) is 3.79. The Balaban J connectivity index is 1.61. The van der Waals surface area contributed by atoms with E-state index >= 15 is 0 Å². The molecule has 5 nitrogen and oxygen atoms in total. The third-order valence-corrected chi connectivity index (χ3v) is 5.02. The number of carbonyl (C=O) groups excluding carboxylic acids is 2. The minimum absolute atomic E-state index is 0.00978. The fourth-order valence-electron chi connectivity index (χ4n) is 3.21. The molecule has 0 saturated heterocycles. The number of benzene rings is 1. The molecule has 4 rings (SSSR count). The minimum Gasteiger partial charge on any atom is -0.341 e. The second-order valence-corrected chi connectivity index (χ2v) is 6.95. The molecule has 1 aromatic heterocycles. The summed E-state index contributed by atoms with van der Waals surface area (Å²) >= 11 is 0. The minimum atomic E-state index is -0.0545. The molecule has 25 heavy (non-hydrogen) atoms. The maximum Gasteiger partial charge on any atom is 0.242 e. The summed E-state index contributed by atoms with van der Waals surface area (Å²) in [7, 11) is 1.82. The third-order valence-electron chi connectivity index (χ3n) is 5.02. The van der Waals surface area contributed by atoms with Crippen LogP contribution in [0.1, 0.15) is 24.1 Å². The Labute approximate surface area is 147 Å². The van der Waals surface area contributed by atoms with Crippen molar-refractivity contribution in [2.75, 3.05) is 18.5 Å². The third kappa shape index (κ3) is 3.02. The molecule has 2 heterocycles. The highest BCUT2D eigenvalue weighted by molar-refractivity contribution is 6.05. The molecule has 1 aliphatic carbocycles. The van der Waals surface area contributed by atoms with Crippen LogP contribution in [0.2, 0.25) is 0 Å². The molecule has 0 spiro atoms. The van der Waals surface area contributed by atoms with E-state index in [4.69, 9.17) is 0 Å². The van der Waals surface area contributed by atoms with Crippen LogP contribution >= 0.6 is 0 Å². The molecule has 1 aliphatic heterocycles. The van der Waals surface area contributed by atoms with Crippen molar-refractivity contribution in [1.29, 1.82) is 0 Å². The molecule has 2 aliphatic rings. The smallest absolute Gasteiger partial charge is 0.242 e. The van der Waals surface area contributed by atoms with E-state index < -0.39 is 0 Å². The number of rotatable bonds is 4. The second kappa shape index (κ2) is 5.99. The average molecular weight is 335 g/mol. The van der Waals surface area contributed by atoms with Crippen molar-refractivity contribution < 1.29 is 9.59 Å². The first-order chi connectivity index (χ1) is 12.0. The number of nitrogens with zero attached hydrogens (tertiary/aromatic N) is 3. The normalized spacial score (nSPS) is 16.1. The van der Waals surface area contributed by atoms with Crippen LogP contribution in [0.4, 0.5) is 5.69 Å².